The topological polar surface area (TPSA) is 66.6 Å². The van der Waals surface area contributed by atoms with Crippen molar-refractivity contribution >= 4 is 5.78 Å². The summed E-state index contributed by atoms with van der Waals surface area (Å²) in [6, 6.07) is 5.49. The second kappa shape index (κ2) is 6.23. The van der Waals surface area contributed by atoms with E-state index in [4.69, 9.17) is 10.8 Å². The molecular weight excluding hydrogens is 247 g/mol. The van der Waals surface area contributed by atoms with Crippen LogP contribution >= 0.6 is 0 Å². The normalized spacial score (nSPS) is 18.1. The van der Waals surface area contributed by atoms with Gasteiger partial charge in [-0.1, -0.05) is 0 Å². The van der Waals surface area contributed by atoms with Gasteiger partial charge in [0.25, 0.3) is 0 Å². The van der Waals surface area contributed by atoms with E-state index in [2.05, 4.69) is 4.90 Å². The minimum atomic E-state index is -0.329. The van der Waals surface area contributed by atoms with E-state index in [-0.39, 0.29) is 30.2 Å². The highest BCUT2D eigenvalue weighted by molar-refractivity contribution is 5.98. The number of benzene rings is 1. The molecule has 0 aromatic heterocycles. The number of Topliss-reactive ketones (excluding diaryl/α,β-unsaturated/α-hetero) is 1. The van der Waals surface area contributed by atoms with Gasteiger partial charge in [-0.15, -0.1) is 0 Å². The van der Waals surface area contributed by atoms with Crippen LogP contribution in [0.1, 0.15) is 16.8 Å². The Balaban J connectivity index is 1.77. The first-order valence-electron chi connectivity index (χ1n) is 6.48. The molecule has 0 saturated carbocycles. The summed E-state index contributed by atoms with van der Waals surface area (Å²) >= 11 is 0. The fourth-order valence-corrected chi connectivity index (χ4v) is 2.21. The minimum absolute atomic E-state index is 0.00388. The molecule has 104 valence electrons. The van der Waals surface area contributed by atoms with E-state index in [0.29, 0.717) is 18.7 Å². The van der Waals surface area contributed by atoms with Crippen molar-refractivity contribution in [1.82, 2.24) is 4.90 Å². The van der Waals surface area contributed by atoms with Crippen LogP contribution in [0.15, 0.2) is 24.3 Å². The van der Waals surface area contributed by atoms with Gasteiger partial charge >= 0.3 is 0 Å². The Morgan fingerprint density at radius 2 is 2.05 bits per heavy atom. The molecule has 0 spiro atoms. The maximum absolute atomic E-state index is 12.8. The molecule has 1 heterocycles. The third-order valence-corrected chi connectivity index (χ3v) is 3.51. The molecule has 1 saturated heterocycles. The van der Waals surface area contributed by atoms with Gasteiger partial charge in [-0.05, 0) is 37.2 Å². The van der Waals surface area contributed by atoms with Crippen molar-refractivity contribution in [3.8, 4) is 0 Å². The lowest BCUT2D eigenvalue weighted by molar-refractivity contribution is 0.0605. The summed E-state index contributed by atoms with van der Waals surface area (Å²) in [5, 5.41) is 8.82. The van der Waals surface area contributed by atoms with Crippen LogP contribution in [0, 0.1) is 11.7 Å². The number of hydrogen-bond acceptors (Lipinski definition) is 4. The molecule has 3 N–H and O–H groups in total. The lowest BCUT2D eigenvalue weighted by Gasteiger charge is -2.38. The molecule has 0 radical (unpaired) electrons. The number of nitrogens with two attached hydrogens (primary N) is 1. The van der Waals surface area contributed by atoms with Gasteiger partial charge in [0.2, 0.25) is 0 Å². The predicted octanol–water partition coefficient (Wildman–Crippen LogP) is 0.650. The van der Waals surface area contributed by atoms with Gasteiger partial charge in [-0.3, -0.25) is 4.79 Å². The van der Waals surface area contributed by atoms with E-state index in [0.717, 1.165) is 13.0 Å². The zero-order chi connectivity index (χ0) is 13.8. The summed E-state index contributed by atoms with van der Waals surface area (Å²) in [4.78, 5) is 14.2. The quantitative estimate of drug-likeness (QED) is 0.742. The number of likely N-dealkylation sites (tertiary alicyclic amines) is 1. The summed E-state index contributed by atoms with van der Waals surface area (Å²) in [5.41, 5.74) is 6.19. The van der Waals surface area contributed by atoms with Crippen LogP contribution in [0.4, 0.5) is 4.39 Å². The third-order valence-electron chi connectivity index (χ3n) is 3.51. The highest BCUT2D eigenvalue weighted by Crippen LogP contribution is 2.21. The maximum Gasteiger partial charge on any atom is 0.168 e. The van der Waals surface area contributed by atoms with Gasteiger partial charge in [0, 0.05) is 30.6 Å². The van der Waals surface area contributed by atoms with Gasteiger partial charge in [-0.25, -0.2) is 4.39 Å². The number of carbonyl (C=O) groups is 1. The molecule has 19 heavy (non-hydrogen) atoms. The highest BCUT2D eigenvalue weighted by atomic mass is 19.1. The predicted molar refractivity (Wildman–Crippen MR) is 70.3 cm³/mol. The smallest absolute Gasteiger partial charge is 0.168 e. The van der Waals surface area contributed by atoms with Crippen molar-refractivity contribution in [2.45, 2.75) is 12.5 Å². The summed E-state index contributed by atoms with van der Waals surface area (Å²) in [6.07, 6.45) is 0.730. The number of nitrogens with zero attached hydrogens (tertiary/aromatic N) is 1. The number of hydrogen-bond donors (Lipinski definition) is 2. The Kier molecular flexibility index (Phi) is 4.63. The monoisotopic (exact) mass is 266 g/mol. The number of rotatable bonds is 6. The molecule has 0 bridgehead atoms. The Bertz CT molecular complexity index is 430. The fourth-order valence-electron chi connectivity index (χ4n) is 2.21. The second-order valence-electron chi connectivity index (χ2n) is 5.06. The summed E-state index contributed by atoms with van der Waals surface area (Å²) in [6.45, 7) is 2.23. The second-order valence-corrected chi connectivity index (χ2v) is 5.06. The molecule has 1 aliphatic heterocycles. The zero-order valence-corrected chi connectivity index (χ0v) is 10.8. The first-order chi connectivity index (χ1) is 9.10. The molecular formula is C14H19FN2O2. The highest BCUT2D eigenvalue weighted by Gasteiger charge is 2.32. The SMILES string of the molecule is NC(CO)CCN1CC(C(=O)c2ccc(F)cc2)C1. The molecule has 0 aliphatic carbocycles. The van der Waals surface area contributed by atoms with Crippen molar-refractivity contribution in [1.29, 1.82) is 0 Å². The first-order valence-corrected chi connectivity index (χ1v) is 6.48. The molecule has 1 aromatic carbocycles. The molecule has 1 atom stereocenters. The van der Waals surface area contributed by atoms with Crippen molar-refractivity contribution in [2.75, 3.05) is 26.2 Å². The molecule has 1 fully saturated rings. The summed E-state index contributed by atoms with van der Waals surface area (Å²) < 4.78 is 12.8. The van der Waals surface area contributed by atoms with Crippen LogP contribution < -0.4 is 5.73 Å². The van der Waals surface area contributed by atoms with E-state index < -0.39 is 0 Å². The molecule has 1 aliphatic rings. The molecule has 2 rings (SSSR count). The number of aliphatic hydroxyl groups excluding tert-OH is 1. The molecule has 4 nitrogen and oxygen atoms in total. The van der Waals surface area contributed by atoms with E-state index in [9.17, 15) is 9.18 Å². The number of halogens is 1. The van der Waals surface area contributed by atoms with Crippen LogP contribution in [0.2, 0.25) is 0 Å². The van der Waals surface area contributed by atoms with E-state index in [1.54, 1.807) is 0 Å². The van der Waals surface area contributed by atoms with Gasteiger partial charge in [0.05, 0.1) is 6.61 Å². The van der Waals surface area contributed by atoms with Crippen LogP contribution in [0.5, 0.6) is 0 Å². The Morgan fingerprint density at radius 3 is 2.63 bits per heavy atom. The fraction of sp³-hybridized carbons (Fsp3) is 0.500. The van der Waals surface area contributed by atoms with Gasteiger partial charge in [-0.2, -0.15) is 0 Å². The average molecular weight is 266 g/mol. The Labute approximate surface area is 112 Å². The van der Waals surface area contributed by atoms with Crippen molar-refractivity contribution in [2.24, 2.45) is 11.7 Å². The lowest BCUT2D eigenvalue weighted by atomic mass is 9.90. The van der Waals surface area contributed by atoms with E-state index in [1.807, 2.05) is 0 Å². The van der Waals surface area contributed by atoms with E-state index >= 15 is 0 Å². The van der Waals surface area contributed by atoms with Crippen molar-refractivity contribution < 1.29 is 14.3 Å². The summed E-state index contributed by atoms with van der Waals surface area (Å²) in [5.74, 6) is -0.261. The van der Waals surface area contributed by atoms with Crippen LogP contribution in [-0.4, -0.2) is 48.1 Å². The van der Waals surface area contributed by atoms with Crippen molar-refractivity contribution in [3.05, 3.63) is 35.6 Å². The molecule has 1 unspecified atom stereocenters. The first kappa shape index (κ1) is 14.1. The number of ketones is 1. The number of carbonyl (C=O) groups excluding carboxylic acids is 1. The molecule has 5 heteroatoms. The van der Waals surface area contributed by atoms with Gasteiger partial charge in [0.1, 0.15) is 5.82 Å². The third kappa shape index (κ3) is 3.59. The van der Waals surface area contributed by atoms with Crippen molar-refractivity contribution in [3.63, 3.8) is 0 Å². The standard InChI is InChI=1S/C14H19FN2O2/c15-12-3-1-10(2-4-12)14(19)11-7-17(8-11)6-5-13(16)9-18/h1-4,11,13,18H,5-9,16H2. The Hall–Kier alpha value is -1.30. The largest absolute Gasteiger partial charge is 0.395 e. The number of aliphatic hydroxyl groups is 1. The molecule has 1 aromatic rings. The van der Waals surface area contributed by atoms with Gasteiger partial charge < -0.3 is 15.7 Å². The minimum Gasteiger partial charge on any atom is -0.395 e. The van der Waals surface area contributed by atoms with Gasteiger partial charge in [0.15, 0.2) is 5.78 Å². The van der Waals surface area contributed by atoms with E-state index in [1.165, 1.54) is 24.3 Å². The Morgan fingerprint density at radius 1 is 1.42 bits per heavy atom. The summed E-state index contributed by atoms with van der Waals surface area (Å²) in [7, 11) is 0. The van der Waals surface area contributed by atoms with Crippen LogP contribution in [-0.2, 0) is 0 Å². The molecule has 0 amide bonds. The van der Waals surface area contributed by atoms with Crippen LogP contribution in [0.3, 0.4) is 0 Å². The zero-order valence-electron chi connectivity index (χ0n) is 10.8. The van der Waals surface area contributed by atoms with Crippen LogP contribution in [0.25, 0.3) is 0 Å². The lowest BCUT2D eigenvalue weighted by Crippen LogP contribution is -2.51. The maximum atomic E-state index is 12.8. The average Bonchev–Trinajstić information content (AvgIpc) is 2.37.